The van der Waals surface area contributed by atoms with E-state index in [1.165, 1.54) is 11.3 Å². The fraction of sp³-hybridized carbons (Fsp3) is 0.200. The van der Waals surface area contributed by atoms with Gasteiger partial charge in [0.15, 0.2) is 5.13 Å². The molecule has 0 aliphatic carbocycles. The van der Waals surface area contributed by atoms with Crippen molar-refractivity contribution in [2.45, 2.75) is 6.42 Å². The van der Waals surface area contributed by atoms with Crippen LogP contribution in [0.5, 0.6) is 0 Å². The Hall–Kier alpha value is -3.26. The van der Waals surface area contributed by atoms with Crippen LogP contribution in [0.3, 0.4) is 0 Å². The summed E-state index contributed by atoms with van der Waals surface area (Å²) in [6, 6.07) is 16.8. The number of aromatic nitrogens is 1. The van der Waals surface area contributed by atoms with Crippen LogP contribution < -0.4 is 15.5 Å². The number of benzene rings is 2. The second kappa shape index (κ2) is 7.77. The minimum absolute atomic E-state index is 0.0923. The molecule has 1 aromatic heterocycles. The summed E-state index contributed by atoms with van der Waals surface area (Å²) in [7, 11) is 0. The highest BCUT2D eigenvalue weighted by molar-refractivity contribution is 7.22. The van der Waals surface area contributed by atoms with Crippen LogP contribution in [0.15, 0.2) is 54.6 Å². The second-order valence-corrected chi connectivity index (χ2v) is 7.52. The molecule has 142 valence electrons. The van der Waals surface area contributed by atoms with E-state index >= 15 is 0 Å². The molecule has 0 bridgehead atoms. The molecule has 1 fully saturated rings. The van der Waals surface area contributed by atoms with Crippen molar-refractivity contribution in [3.63, 3.8) is 0 Å². The van der Waals surface area contributed by atoms with Gasteiger partial charge >= 0.3 is 0 Å². The zero-order valence-electron chi connectivity index (χ0n) is 14.9. The Labute approximate surface area is 165 Å². The van der Waals surface area contributed by atoms with Crippen LogP contribution in [-0.4, -0.2) is 35.8 Å². The van der Waals surface area contributed by atoms with Gasteiger partial charge in [-0.3, -0.25) is 14.4 Å². The number of anilines is 2. The molecule has 4 rings (SSSR count). The second-order valence-electron chi connectivity index (χ2n) is 6.49. The summed E-state index contributed by atoms with van der Waals surface area (Å²) in [5.74, 6) is -1.21. The Balaban J connectivity index is 1.30. The first-order chi connectivity index (χ1) is 13.6. The van der Waals surface area contributed by atoms with E-state index in [1.807, 2.05) is 54.6 Å². The molecule has 3 amide bonds. The van der Waals surface area contributed by atoms with Crippen molar-refractivity contribution in [1.82, 2.24) is 10.3 Å². The smallest absolute Gasteiger partial charge is 0.245 e. The largest absolute Gasteiger partial charge is 0.347 e. The SMILES string of the molecule is O=C(CNC(=O)C1CC(=O)N(c2ccccc2)C1)Nc1nc2ccccc2s1. The van der Waals surface area contributed by atoms with E-state index < -0.39 is 5.92 Å². The number of nitrogens with one attached hydrogen (secondary N) is 2. The molecule has 1 aliphatic heterocycles. The maximum atomic E-state index is 12.4. The van der Waals surface area contributed by atoms with Crippen molar-refractivity contribution >= 4 is 50.1 Å². The number of hydrogen-bond donors (Lipinski definition) is 2. The van der Waals surface area contributed by atoms with Gasteiger partial charge in [0, 0.05) is 18.7 Å². The van der Waals surface area contributed by atoms with E-state index in [1.54, 1.807) is 4.90 Å². The zero-order chi connectivity index (χ0) is 19.5. The number of rotatable bonds is 5. The molecule has 2 heterocycles. The average molecular weight is 394 g/mol. The highest BCUT2D eigenvalue weighted by Crippen LogP contribution is 2.26. The first-order valence-electron chi connectivity index (χ1n) is 8.89. The number of fused-ring (bicyclic) bond motifs is 1. The molecule has 28 heavy (non-hydrogen) atoms. The summed E-state index contributed by atoms with van der Waals surface area (Å²) < 4.78 is 0.979. The zero-order valence-corrected chi connectivity index (χ0v) is 15.7. The van der Waals surface area contributed by atoms with Crippen LogP contribution in [-0.2, 0) is 14.4 Å². The lowest BCUT2D eigenvalue weighted by Crippen LogP contribution is -2.37. The Bertz CT molecular complexity index is 1000. The number of thiazole rings is 1. The molecular formula is C20H18N4O3S. The van der Waals surface area contributed by atoms with Gasteiger partial charge in [-0.1, -0.05) is 41.7 Å². The fourth-order valence-corrected chi connectivity index (χ4v) is 4.02. The summed E-state index contributed by atoms with van der Waals surface area (Å²) in [4.78, 5) is 42.7. The van der Waals surface area contributed by atoms with Crippen molar-refractivity contribution in [1.29, 1.82) is 0 Å². The van der Waals surface area contributed by atoms with Gasteiger partial charge in [0.25, 0.3) is 0 Å². The van der Waals surface area contributed by atoms with Gasteiger partial charge in [0.2, 0.25) is 17.7 Å². The Morgan fingerprint density at radius 1 is 1.11 bits per heavy atom. The quantitative estimate of drug-likeness (QED) is 0.695. The number of carbonyl (C=O) groups excluding carboxylic acids is 3. The normalized spacial score (nSPS) is 16.4. The predicted octanol–water partition coefficient (Wildman–Crippen LogP) is 2.40. The fourth-order valence-electron chi connectivity index (χ4n) is 3.14. The number of amides is 3. The van der Waals surface area contributed by atoms with Gasteiger partial charge in [-0.2, -0.15) is 0 Å². The van der Waals surface area contributed by atoms with Crippen molar-refractivity contribution in [2.75, 3.05) is 23.3 Å². The third-order valence-electron chi connectivity index (χ3n) is 4.53. The van der Waals surface area contributed by atoms with Crippen molar-refractivity contribution in [3.8, 4) is 0 Å². The van der Waals surface area contributed by atoms with E-state index in [9.17, 15) is 14.4 Å². The van der Waals surface area contributed by atoms with Crippen LogP contribution >= 0.6 is 11.3 Å². The molecule has 3 aromatic rings. The lowest BCUT2D eigenvalue weighted by Gasteiger charge is -2.16. The third kappa shape index (κ3) is 3.86. The van der Waals surface area contributed by atoms with Gasteiger partial charge in [0.1, 0.15) is 0 Å². The number of para-hydroxylation sites is 2. The van der Waals surface area contributed by atoms with Crippen LogP contribution in [0.1, 0.15) is 6.42 Å². The number of nitrogens with zero attached hydrogens (tertiary/aromatic N) is 2. The van der Waals surface area contributed by atoms with Gasteiger partial charge in [0.05, 0.1) is 22.7 Å². The molecule has 2 N–H and O–H groups in total. The molecule has 1 unspecified atom stereocenters. The van der Waals surface area contributed by atoms with E-state index in [0.717, 1.165) is 15.9 Å². The number of carbonyl (C=O) groups is 3. The summed E-state index contributed by atoms with van der Waals surface area (Å²) >= 11 is 1.38. The molecule has 2 aromatic carbocycles. The van der Waals surface area contributed by atoms with Gasteiger partial charge < -0.3 is 15.5 Å². The summed E-state index contributed by atoms with van der Waals surface area (Å²) in [6.45, 7) is 0.152. The predicted molar refractivity (Wildman–Crippen MR) is 108 cm³/mol. The maximum Gasteiger partial charge on any atom is 0.245 e. The topological polar surface area (TPSA) is 91.4 Å². The lowest BCUT2D eigenvalue weighted by atomic mass is 10.1. The highest BCUT2D eigenvalue weighted by Gasteiger charge is 2.35. The molecule has 0 saturated carbocycles. The monoisotopic (exact) mass is 394 g/mol. The van der Waals surface area contributed by atoms with Crippen LogP contribution in [0, 0.1) is 5.92 Å². The van der Waals surface area contributed by atoms with Gasteiger partial charge in [-0.15, -0.1) is 0 Å². The van der Waals surface area contributed by atoms with E-state index in [4.69, 9.17) is 0 Å². The maximum absolute atomic E-state index is 12.4. The average Bonchev–Trinajstić information content (AvgIpc) is 3.29. The van der Waals surface area contributed by atoms with Crippen LogP contribution in [0.25, 0.3) is 10.2 Å². The van der Waals surface area contributed by atoms with Crippen molar-refractivity contribution in [3.05, 3.63) is 54.6 Å². The first-order valence-corrected chi connectivity index (χ1v) is 9.70. The Kier molecular flexibility index (Phi) is 5.03. The molecule has 7 nitrogen and oxygen atoms in total. The lowest BCUT2D eigenvalue weighted by molar-refractivity contribution is -0.127. The molecular weight excluding hydrogens is 376 g/mol. The van der Waals surface area contributed by atoms with Crippen LogP contribution in [0.4, 0.5) is 10.8 Å². The Morgan fingerprint density at radius 2 is 1.86 bits per heavy atom. The summed E-state index contributed by atoms with van der Waals surface area (Å²) in [5.41, 5.74) is 1.59. The van der Waals surface area contributed by atoms with E-state index in [0.29, 0.717) is 11.7 Å². The van der Waals surface area contributed by atoms with E-state index in [2.05, 4.69) is 15.6 Å². The van der Waals surface area contributed by atoms with Crippen LogP contribution in [0.2, 0.25) is 0 Å². The molecule has 0 radical (unpaired) electrons. The Morgan fingerprint density at radius 3 is 2.64 bits per heavy atom. The summed E-state index contributed by atoms with van der Waals surface area (Å²) in [5, 5.41) is 5.81. The van der Waals surface area contributed by atoms with Gasteiger partial charge in [-0.05, 0) is 24.3 Å². The van der Waals surface area contributed by atoms with E-state index in [-0.39, 0.29) is 30.7 Å². The minimum Gasteiger partial charge on any atom is -0.347 e. The first kappa shape index (κ1) is 18.1. The number of hydrogen-bond acceptors (Lipinski definition) is 5. The molecule has 1 saturated heterocycles. The molecule has 1 atom stereocenters. The molecule has 0 spiro atoms. The highest BCUT2D eigenvalue weighted by atomic mass is 32.1. The third-order valence-corrected chi connectivity index (χ3v) is 5.48. The molecule has 8 heteroatoms. The minimum atomic E-state index is -0.469. The van der Waals surface area contributed by atoms with Crippen molar-refractivity contribution in [2.24, 2.45) is 5.92 Å². The van der Waals surface area contributed by atoms with Crippen molar-refractivity contribution < 1.29 is 14.4 Å². The summed E-state index contributed by atoms with van der Waals surface area (Å²) in [6.07, 6.45) is 0.139. The standard InChI is InChI=1S/C20H18N4O3S/c25-17(23-20-22-15-8-4-5-9-16(15)28-20)11-21-19(27)13-10-18(26)24(12-13)14-6-2-1-3-7-14/h1-9,13H,10-12H2,(H,21,27)(H,22,23,25). The molecule has 1 aliphatic rings. The van der Waals surface area contributed by atoms with Gasteiger partial charge in [-0.25, -0.2) is 4.98 Å².